The molecule has 0 bridgehead atoms. The molecule has 2 aliphatic carbocycles. The molecule has 2 amide bonds. The summed E-state index contributed by atoms with van der Waals surface area (Å²) in [5.41, 5.74) is 3.08. The first-order chi connectivity index (χ1) is 17.8. The molecular weight excluding hydrogens is 477 g/mol. The van der Waals surface area contributed by atoms with Crippen molar-refractivity contribution in [2.24, 2.45) is 11.8 Å². The second-order valence-corrected chi connectivity index (χ2v) is 10.3. The van der Waals surface area contributed by atoms with Gasteiger partial charge in [0.05, 0.1) is 17.7 Å². The highest BCUT2D eigenvalue weighted by Gasteiger charge is 2.31. The van der Waals surface area contributed by atoms with Gasteiger partial charge in [0.2, 0.25) is 5.91 Å². The summed E-state index contributed by atoms with van der Waals surface area (Å²) < 4.78 is 20.3. The molecule has 2 aliphatic rings. The third-order valence-corrected chi connectivity index (χ3v) is 7.36. The van der Waals surface area contributed by atoms with Gasteiger partial charge in [0.15, 0.2) is 0 Å². The molecule has 1 aromatic carbocycles. The van der Waals surface area contributed by atoms with Crippen LogP contribution in [0.3, 0.4) is 0 Å². The summed E-state index contributed by atoms with van der Waals surface area (Å²) in [4.78, 5) is 37.0. The number of fused-ring (bicyclic) bond motifs is 1. The molecular formula is C27H32FN5O4. The van der Waals surface area contributed by atoms with E-state index in [0.717, 1.165) is 12.8 Å². The number of nitrogens with one attached hydrogen (secondary N) is 3. The fraction of sp³-hybridized carbons (Fsp3) is 0.481. The van der Waals surface area contributed by atoms with Crippen LogP contribution in [0, 0.1) is 24.6 Å². The Labute approximate surface area is 214 Å². The van der Waals surface area contributed by atoms with Crippen molar-refractivity contribution < 1.29 is 23.8 Å². The number of benzene rings is 1. The van der Waals surface area contributed by atoms with Gasteiger partial charge in [-0.25, -0.2) is 14.4 Å². The number of hydrogen-bond acceptors (Lipinski definition) is 6. The van der Waals surface area contributed by atoms with E-state index in [-0.39, 0.29) is 29.8 Å². The second-order valence-electron chi connectivity index (χ2n) is 10.3. The van der Waals surface area contributed by atoms with Crippen LogP contribution in [0.5, 0.6) is 5.75 Å². The number of rotatable bonds is 8. The van der Waals surface area contributed by atoms with Gasteiger partial charge in [-0.3, -0.25) is 9.59 Å². The molecule has 4 N–H and O–H groups in total. The van der Waals surface area contributed by atoms with E-state index in [4.69, 9.17) is 9.84 Å². The number of carbonyl (C=O) groups excluding carboxylic acids is 2. The number of aliphatic hydroxyl groups is 1. The van der Waals surface area contributed by atoms with E-state index in [1.165, 1.54) is 18.5 Å². The minimum atomic E-state index is -0.531. The van der Waals surface area contributed by atoms with Crippen molar-refractivity contribution >= 4 is 22.8 Å². The van der Waals surface area contributed by atoms with Crippen LogP contribution in [0.25, 0.3) is 22.3 Å². The van der Waals surface area contributed by atoms with Gasteiger partial charge in [-0.2, -0.15) is 0 Å². The van der Waals surface area contributed by atoms with E-state index in [0.29, 0.717) is 71.1 Å². The maximum atomic E-state index is 14.3. The van der Waals surface area contributed by atoms with Crippen molar-refractivity contribution in [2.45, 2.75) is 58.0 Å². The number of aliphatic hydroxyl groups excluding tert-OH is 1. The monoisotopic (exact) mass is 509 g/mol. The third-order valence-electron chi connectivity index (χ3n) is 7.36. The van der Waals surface area contributed by atoms with Gasteiger partial charge >= 0.3 is 0 Å². The lowest BCUT2D eigenvalue weighted by atomic mass is 9.82. The van der Waals surface area contributed by atoms with Crippen LogP contribution in [-0.2, 0) is 4.79 Å². The summed E-state index contributed by atoms with van der Waals surface area (Å²) in [6, 6.07) is 4.30. The Balaban J connectivity index is 1.38. The highest BCUT2D eigenvalue weighted by molar-refractivity contribution is 6.09. The first kappa shape index (κ1) is 25.1. The normalized spacial score (nSPS) is 21.6. The van der Waals surface area contributed by atoms with Crippen LogP contribution in [0.2, 0.25) is 0 Å². The van der Waals surface area contributed by atoms with Crippen molar-refractivity contribution in [3.05, 3.63) is 41.6 Å². The topological polar surface area (TPSA) is 129 Å². The summed E-state index contributed by atoms with van der Waals surface area (Å²) in [6.45, 7) is 3.88. The number of carbonyl (C=O) groups is 2. The van der Waals surface area contributed by atoms with Crippen LogP contribution in [0.1, 0.15) is 55.1 Å². The van der Waals surface area contributed by atoms with E-state index in [1.807, 2.05) is 6.92 Å². The summed E-state index contributed by atoms with van der Waals surface area (Å²) in [5.74, 6) is 0.202. The molecule has 0 aliphatic heterocycles. The number of H-pyrrole nitrogens is 1. The molecule has 2 heterocycles. The van der Waals surface area contributed by atoms with Crippen LogP contribution in [0.4, 0.5) is 4.39 Å². The van der Waals surface area contributed by atoms with Crippen LogP contribution < -0.4 is 15.4 Å². The number of aromatic nitrogens is 3. The summed E-state index contributed by atoms with van der Waals surface area (Å²) in [6.07, 6.45) is 5.78. The predicted octanol–water partition coefficient (Wildman–Crippen LogP) is 3.26. The Morgan fingerprint density at radius 2 is 2.00 bits per heavy atom. The Bertz CT molecular complexity index is 1320. The van der Waals surface area contributed by atoms with E-state index < -0.39 is 12.4 Å². The third kappa shape index (κ3) is 5.44. The molecule has 3 unspecified atom stereocenters. The fourth-order valence-corrected chi connectivity index (χ4v) is 5.16. The molecule has 2 saturated carbocycles. The van der Waals surface area contributed by atoms with Crippen LogP contribution in [-0.4, -0.2) is 57.2 Å². The first-order valence-corrected chi connectivity index (χ1v) is 12.8. The van der Waals surface area contributed by atoms with Crippen molar-refractivity contribution in [3.63, 3.8) is 0 Å². The van der Waals surface area contributed by atoms with Crippen molar-refractivity contribution in [2.75, 3.05) is 13.2 Å². The average Bonchev–Trinajstić information content (AvgIpc) is 3.64. The van der Waals surface area contributed by atoms with Crippen molar-refractivity contribution in [3.8, 4) is 17.0 Å². The SMILES string of the molecule is Cc1[nH]c2c(-c3cc(F)ccc3OCC3CC3)ncnc2c1C(=O)NC1CCC(NC(=O)CO)C(C)C1. The number of aromatic amines is 1. The summed E-state index contributed by atoms with van der Waals surface area (Å²) in [5, 5.41) is 15.0. The highest BCUT2D eigenvalue weighted by Crippen LogP contribution is 2.37. The Morgan fingerprint density at radius 3 is 2.73 bits per heavy atom. The quantitative estimate of drug-likeness (QED) is 0.369. The zero-order chi connectivity index (χ0) is 26.1. The number of aryl methyl sites for hydroxylation is 1. The Hall–Kier alpha value is -3.53. The molecule has 3 atom stereocenters. The largest absolute Gasteiger partial charge is 0.493 e. The zero-order valence-electron chi connectivity index (χ0n) is 21.0. The van der Waals surface area contributed by atoms with Gasteiger partial charge in [-0.15, -0.1) is 0 Å². The molecule has 0 radical (unpaired) electrons. The first-order valence-electron chi connectivity index (χ1n) is 12.8. The lowest BCUT2D eigenvalue weighted by Crippen LogP contribution is -2.48. The van der Waals surface area contributed by atoms with E-state index in [2.05, 4.69) is 25.6 Å². The minimum Gasteiger partial charge on any atom is -0.493 e. The van der Waals surface area contributed by atoms with E-state index in [9.17, 15) is 14.0 Å². The lowest BCUT2D eigenvalue weighted by molar-refractivity contribution is -0.125. The molecule has 5 rings (SSSR count). The maximum Gasteiger partial charge on any atom is 0.255 e. The molecule has 0 saturated heterocycles. The molecule has 2 aromatic heterocycles. The van der Waals surface area contributed by atoms with Gasteiger partial charge in [-0.05, 0) is 69.1 Å². The van der Waals surface area contributed by atoms with Gasteiger partial charge in [0, 0.05) is 23.3 Å². The van der Waals surface area contributed by atoms with Gasteiger partial charge in [0.25, 0.3) is 5.91 Å². The smallest absolute Gasteiger partial charge is 0.255 e. The molecule has 196 valence electrons. The molecule has 2 fully saturated rings. The second kappa shape index (κ2) is 10.5. The Morgan fingerprint density at radius 1 is 1.19 bits per heavy atom. The number of hydrogen-bond donors (Lipinski definition) is 4. The standard InChI is InChI=1S/C27H32FN5O4/c1-14-9-18(6-7-20(14)33-22(35)11-34)32-27(36)23-15(2)31-26-24(29-13-30-25(23)26)19-10-17(28)5-8-21(19)37-12-16-3-4-16/h5,8,10,13-14,16,18,20,31,34H,3-4,6-7,9,11-12H2,1-2H3,(H,32,36)(H,33,35). The highest BCUT2D eigenvalue weighted by atomic mass is 19.1. The zero-order valence-corrected chi connectivity index (χ0v) is 21.0. The lowest BCUT2D eigenvalue weighted by Gasteiger charge is -2.34. The van der Waals surface area contributed by atoms with Crippen LogP contribution >= 0.6 is 0 Å². The van der Waals surface area contributed by atoms with Crippen molar-refractivity contribution in [1.29, 1.82) is 0 Å². The predicted molar refractivity (Wildman–Crippen MR) is 136 cm³/mol. The van der Waals surface area contributed by atoms with Gasteiger partial charge in [-0.1, -0.05) is 6.92 Å². The number of halogens is 1. The minimum absolute atomic E-state index is 0.0273. The molecule has 10 heteroatoms. The maximum absolute atomic E-state index is 14.3. The van der Waals surface area contributed by atoms with E-state index >= 15 is 0 Å². The fourth-order valence-electron chi connectivity index (χ4n) is 5.16. The van der Waals surface area contributed by atoms with Crippen LogP contribution in [0.15, 0.2) is 24.5 Å². The van der Waals surface area contributed by atoms with Gasteiger partial charge in [0.1, 0.15) is 35.7 Å². The summed E-state index contributed by atoms with van der Waals surface area (Å²) >= 11 is 0. The van der Waals surface area contributed by atoms with E-state index in [1.54, 1.807) is 13.0 Å². The molecule has 9 nitrogen and oxygen atoms in total. The van der Waals surface area contributed by atoms with Crippen molar-refractivity contribution in [1.82, 2.24) is 25.6 Å². The van der Waals surface area contributed by atoms with Gasteiger partial charge < -0.3 is 25.5 Å². The number of ether oxygens (including phenoxy) is 1. The average molecular weight is 510 g/mol. The summed E-state index contributed by atoms with van der Waals surface area (Å²) in [7, 11) is 0. The number of nitrogens with zero attached hydrogens (tertiary/aromatic N) is 2. The Kier molecular flexibility index (Phi) is 7.10. The molecule has 0 spiro atoms. The number of amides is 2. The molecule has 37 heavy (non-hydrogen) atoms. The molecule has 3 aromatic rings.